The normalized spacial score (nSPS) is 22.2. The van der Waals surface area contributed by atoms with E-state index in [-0.39, 0.29) is 31.3 Å². The van der Waals surface area contributed by atoms with E-state index in [0.29, 0.717) is 41.8 Å². The fraction of sp³-hybridized carbons (Fsp3) is 0.879. The third-order valence-corrected chi connectivity index (χ3v) is 8.28. The predicted octanol–water partition coefficient (Wildman–Crippen LogP) is 5.43. The summed E-state index contributed by atoms with van der Waals surface area (Å²) in [6, 6.07) is 0. The van der Waals surface area contributed by atoms with Crippen LogP contribution in [0.5, 0.6) is 0 Å². The molecule has 2 rings (SSSR count). The first-order valence-electron chi connectivity index (χ1n) is 15.7. The molecule has 2 heterocycles. The number of allylic oxidation sites excluding steroid dienone is 2. The third-order valence-electron chi connectivity index (χ3n) is 8.28. The standard InChI is InChI=1S/C25H46O3.C4H10O2.2C2H4O2/c1-16(2)21(25(7,8)20(6)14-23-24(26)28-23)11-9-17(3)13-19(5)22-12-10-18(4)15-27-22;5-3-1-2-4-6;1-2(3)4;3-1-2-4/h12,16-21,23-24,26H,9-11,13-15H2,1-8H3;5-6H,1-4H2;1H3,(H,3,4);1,4H,2H2/t17-,18+,19+,20+,21-,23-,24+;;;/m0.../s1. The number of aldehydes is 1. The van der Waals surface area contributed by atoms with E-state index in [1.54, 1.807) is 0 Å². The fourth-order valence-corrected chi connectivity index (χ4v) is 5.44. The molecule has 250 valence electrons. The van der Waals surface area contributed by atoms with Crippen LogP contribution in [0.1, 0.15) is 107 Å². The number of hydrogen-bond donors (Lipinski definition) is 5. The highest BCUT2D eigenvalue weighted by Gasteiger charge is 2.43. The number of carboxylic acids is 1. The van der Waals surface area contributed by atoms with Gasteiger partial charge in [-0.3, -0.25) is 4.79 Å². The molecule has 2 aliphatic rings. The van der Waals surface area contributed by atoms with Crippen molar-refractivity contribution in [2.45, 2.75) is 120 Å². The van der Waals surface area contributed by atoms with Crippen molar-refractivity contribution < 1.29 is 44.6 Å². The molecule has 42 heavy (non-hydrogen) atoms. The van der Waals surface area contributed by atoms with E-state index in [1.165, 1.54) is 25.0 Å². The number of unbranched alkanes of at least 4 members (excludes halogenated alkanes) is 1. The van der Waals surface area contributed by atoms with Crippen molar-refractivity contribution in [3.8, 4) is 0 Å². The number of carbonyl (C=O) groups excluding carboxylic acids is 1. The quantitative estimate of drug-likeness (QED) is 0.0934. The molecule has 0 aromatic carbocycles. The molecule has 0 amide bonds. The lowest BCUT2D eigenvalue weighted by atomic mass is 9.63. The molecular formula is C33H64O9. The maximum Gasteiger partial charge on any atom is 0.300 e. The molecule has 2 aliphatic heterocycles. The molecule has 0 aromatic heterocycles. The smallest absolute Gasteiger partial charge is 0.300 e. The van der Waals surface area contributed by atoms with Gasteiger partial charge in [-0.2, -0.15) is 0 Å². The first kappa shape index (κ1) is 42.6. The second-order valence-electron chi connectivity index (χ2n) is 13.0. The van der Waals surface area contributed by atoms with Crippen molar-refractivity contribution in [2.24, 2.45) is 40.9 Å². The number of hydrogen-bond acceptors (Lipinski definition) is 8. The van der Waals surface area contributed by atoms with Crippen molar-refractivity contribution in [2.75, 3.05) is 26.4 Å². The average Bonchev–Trinajstić information content (AvgIpc) is 3.61. The van der Waals surface area contributed by atoms with Gasteiger partial charge in [0.1, 0.15) is 12.4 Å². The summed E-state index contributed by atoms with van der Waals surface area (Å²) < 4.78 is 11.3. The van der Waals surface area contributed by atoms with Crippen molar-refractivity contribution in [1.82, 2.24) is 0 Å². The molecule has 0 radical (unpaired) electrons. The summed E-state index contributed by atoms with van der Waals surface area (Å²) in [5.41, 5.74) is 0.246. The van der Waals surface area contributed by atoms with Gasteiger partial charge in [-0.05, 0) is 79.6 Å². The first-order chi connectivity index (χ1) is 19.6. The van der Waals surface area contributed by atoms with Crippen molar-refractivity contribution >= 4 is 12.3 Å². The summed E-state index contributed by atoms with van der Waals surface area (Å²) in [5.74, 6) is 4.17. The van der Waals surface area contributed by atoms with Crippen LogP contribution in [-0.2, 0) is 19.1 Å². The number of aliphatic hydroxyl groups is 4. The Balaban J connectivity index is 0. The minimum absolute atomic E-state index is 0.0633. The Bertz CT molecular complexity index is 714. The summed E-state index contributed by atoms with van der Waals surface area (Å²) in [6.07, 6.45) is 9.62. The summed E-state index contributed by atoms with van der Waals surface area (Å²) in [5, 5.41) is 40.6. The van der Waals surface area contributed by atoms with Crippen LogP contribution in [0.15, 0.2) is 11.8 Å². The largest absolute Gasteiger partial charge is 0.498 e. The third kappa shape index (κ3) is 20.4. The molecule has 0 spiro atoms. The first-order valence-corrected chi connectivity index (χ1v) is 15.7. The molecule has 0 aliphatic carbocycles. The van der Waals surface area contributed by atoms with Crippen LogP contribution in [-0.4, -0.2) is 76.6 Å². The Morgan fingerprint density at radius 3 is 1.93 bits per heavy atom. The lowest BCUT2D eigenvalue weighted by Gasteiger charge is -2.42. The lowest BCUT2D eigenvalue weighted by Crippen LogP contribution is -2.35. The van der Waals surface area contributed by atoms with Crippen LogP contribution in [0.25, 0.3) is 0 Å². The minimum atomic E-state index is -0.833. The molecular weight excluding hydrogens is 540 g/mol. The number of rotatable bonds is 15. The number of carboxylic acid groups (broad SMARTS) is 1. The van der Waals surface area contributed by atoms with Crippen LogP contribution in [0.2, 0.25) is 0 Å². The Kier molecular flexibility index (Phi) is 24.2. The predicted molar refractivity (Wildman–Crippen MR) is 167 cm³/mol. The molecule has 1 saturated heterocycles. The SMILES string of the molecule is CC(=O)O.CC(C)[C@H](CC[C@H](C)C[C@@H](C)C1=CC[C@@H](C)CO1)C(C)(C)[C@H](C)C[C@@H]1O[C@H]1O.O=CCO.OCCCCO. The second-order valence-corrected chi connectivity index (χ2v) is 13.0. The van der Waals surface area contributed by atoms with Gasteiger partial charge in [0, 0.05) is 26.1 Å². The molecule has 0 saturated carbocycles. The highest BCUT2D eigenvalue weighted by atomic mass is 16.7. The van der Waals surface area contributed by atoms with Crippen LogP contribution in [0.4, 0.5) is 0 Å². The number of aliphatic hydroxyl groups excluding tert-OH is 4. The molecule has 9 heteroatoms. The topological polar surface area (TPSA) is 157 Å². The Morgan fingerprint density at radius 2 is 1.57 bits per heavy atom. The van der Waals surface area contributed by atoms with E-state index < -0.39 is 12.3 Å². The highest BCUT2D eigenvalue weighted by molar-refractivity contribution is 5.62. The number of aliphatic carboxylic acids is 1. The molecule has 0 unspecified atom stereocenters. The van der Waals surface area contributed by atoms with E-state index in [0.717, 1.165) is 39.2 Å². The Hall–Kier alpha value is -1.52. The van der Waals surface area contributed by atoms with Gasteiger partial charge in [0.25, 0.3) is 5.97 Å². The van der Waals surface area contributed by atoms with Crippen LogP contribution in [0.3, 0.4) is 0 Å². The monoisotopic (exact) mass is 604 g/mol. The van der Waals surface area contributed by atoms with E-state index >= 15 is 0 Å². The van der Waals surface area contributed by atoms with Crippen LogP contribution < -0.4 is 0 Å². The summed E-state index contributed by atoms with van der Waals surface area (Å²) in [7, 11) is 0. The Morgan fingerprint density at radius 1 is 1.07 bits per heavy atom. The zero-order chi connectivity index (χ0) is 32.9. The number of ether oxygens (including phenoxy) is 2. The zero-order valence-corrected chi connectivity index (χ0v) is 27.9. The van der Waals surface area contributed by atoms with Gasteiger partial charge < -0.3 is 39.8 Å². The Labute approximate surface area is 255 Å². The minimum Gasteiger partial charge on any atom is -0.498 e. The average molecular weight is 605 g/mol. The molecule has 9 nitrogen and oxygen atoms in total. The maximum absolute atomic E-state index is 9.53. The lowest BCUT2D eigenvalue weighted by molar-refractivity contribution is -0.134. The zero-order valence-electron chi connectivity index (χ0n) is 27.9. The van der Waals surface area contributed by atoms with Gasteiger partial charge in [-0.1, -0.05) is 61.8 Å². The fourth-order valence-electron chi connectivity index (χ4n) is 5.44. The van der Waals surface area contributed by atoms with Gasteiger partial charge in [0.05, 0.1) is 19.0 Å². The molecule has 7 atom stereocenters. The van der Waals surface area contributed by atoms with Crippen molar-refractivity contribution in [1.29, 1.82) is 0 Å². The number of carbonyl (C=O) groups is 2. The maximum atomic E-state index is 9.53. The molecule has 1 fully saturated rings. The summed E-state index contributed by atoms with van der Waals surface area (Å²) in [6.45, 7) is 20.9. The van der Waals surface area contributed by atoms with Crippen molar-refractivity contribution in [3.05, 3.63) is 11.8 Å². The summed E-state index contributed by atoms with van der Waals surface area (Å²) >= 11 is 0. The van der Waals surface area contributed by atoms with Gasteiger partial charge in [-0.15, -0.1) is 0 Å². The molecule has 0 aromatic rings. The van der Waals surface area contributed by atoms with Crippen LogP contribution in [0, 0.1) is 40.9 Å². The van der Waals surface area contributed by atoms with E-state index in [2.05, 4.69) is 61.5 Å². The van der Waals surface area contributed by atoms with Gasteiger partial charge >= 0.3 is 0 Å². The van der Waals surface area contributed by atoms with Gasteiger partial charge in [-0.25, -0.2) is 0 Å². The van der Waals surface area contributed by atoms with Crippen molar-refractivity contribution in [3.63, 3.8) is 0 Å². The highest BCUT2D eigenvalue weighted by Crippen LogP contribution is 2.46. The molecule has 0 bridgehead atoms. The van der Waals surface area contributed by atoms with E-state index in [1.807, 2.05) is 0 Å². The van der Waals surface area contributed by atoms with Crippen LogP contribution >= 0.6 is 0 Å². The van der Waals surface area contributed by atoms with Gasteiger partial charge in [0.15, 0.2) is 6.29 Å². The van der Waals surface area contributed by atoms with E-state index in [4.69, 9.17) is 39.5 Å². The number of epoxide rings is 1. The van der Waals surface area contributed by atoms with E-state index in [9.17, 15) is 5.11 Å². The van der Waals surface area contributed by atoms with Gasteiger partial charge in [0.2, 0.25) is 0 Å². The summed E-state index contributed by atoms with van der Waals surface area (Å²) in [4.78, 5) is 17.9. The molecule has 5 N–H and O–H groups in total. The second kappa shape index (κ2) is 23.9.